The first-order chi connectivity index (χ1) is 13.6. The van der Waals surface area contributed by atoms with Crippen LogP contribution in [0.3, 0.4) is 0 Å². The number of hydrogen-bond acceptors (Lipinski definition) is 7. The summed E-state index contributed by atoms with van der Waals surface area (Å²) >= 11 is 0. The number of benzene rings is 1. The molecule has 7 nitrogen and oxygen atoms in total. The molecule has 8 heteroatoms. The Hall–Kier alpha value is -3.13. The van der Waals surface area contributed by atoms with Gasteiger partial charge >= 0.3 is 0 Å². The summed E-state index contributed by atoms with van der Waals surface area (Å²) < 4.78 is 14.8. The van der Waals surface area contributed by atoms with Crippen molar-refractivity contribution in [1.82, 2.24) is 25.5 Å². The number of piperidine rings is 1. The van der Waals surface area contributed by atoms with Gasteiger partial charge in [-0.1, -0.05) is 12.2 Å². The second-order valence-electron chi connectivity index (χ2n) is 7.28. The van der Waals surface area contributed by atoms with E-state index in [2.05, 4.69) is 25.5 Å². The number of nitrogens with one attached hydrogen (secondary N) is 1. The van der Waals surface area contributed by atoms with Gasteiger partial charge in [0, 0.05) is 36.4 Å². The fourth-order valence-corrected chi connectivity index (χ4v) is 3.99. The first kappa shape index (κ1) is 17.0. The average Bonchev–Trinajstić information content (AvgIpc) is 3.13. The number of anilines is 1. The van der Waals surface area contributed by atoms with Crippen LogP contribution in [0.4, 0.5) is 10.3 Å². The molecule has 2 aromatic heterocycles. The smallest absolute Gasteiger partial charge is 0.245 e. The number of phenolic OH excluding ortho intramolecular Hbond substituents is 1. The van der Waals surface area contributed by atoms with Gasteiger partial charge in [-0.25, -0.2) is 9.37 Å². The molecule has 28 heavy (non-hydrogen) atoms. The van der Waals surface area contributed by atoms with Crippen LogP contribution in [-0.2, 0) is 0 Å². The molecule has 0 radical (unpaired) electrons. The number of aromatic hydroxyl groups is 1. The Labute approximate surface area is 161 Å². The maximum absolute atomic E-state index is 14.8. The number of rotatable bonds is 3. The van der Waals surface area contributed by atoms with Crippen molar-refractivity contribution in [2.45, 2.75) is 30.7 Å². The predicted molar refractivity (Wildman–Crippen MR) is 104 cm³/mol. The Kier molecular flexibility index (Phi) is 3.94. The molecule has 2 bridgehead atoms. The van der Waals surface area contributed by atoms with Crippen molar-refractivity contribution in [2.75, 3.05) is 11.9 Å². The summed E-state index contributed by atoms with van der Waals surface area (Å²) in [5.41, 5.74) is 0.998. The highest BCUT2D eigenvalue weighted by Crippen LogP contribution is 2.32. The first-order valence-corrected chi connectivity index (χ1v) is 9.18. The second kappa shape index (κ2) is 6.49. The zero-order chi connectivity index (χ0) is 19.3. The number of hydrogen-bond donors (Lipinski definition) is 2. The van der Waals surface area contributed by atoms with E-state index in [9.17, 15) is 9.50 Å². The van der Waals surface area contributed by atoms with E-state index in [0.717, 1.165) is 10.8 Å². The molecule has 5 rings (SSSR count). The number of halogens is 1. The minimum Gasteiger partial charge on any atom is -0.507 e. The monoisotopic (exact) mass is 378 g/mol. The van der Waals surface area contributed by atoms with Crippen LogP contribution in [0.5, 0.6) is 5.75 Å². The van der Waals surface area contributed by atoms with E-state index < -0.39 is 6.17 Å². The summed E-state index contributed by atoms with van der Waals surface area (Å²) in [6, 6.07) is 4.94. The second-order valence-corrected chi connectivity index (χ2v) is 7.28. The number of nitrogens with zero attached hydrogens (tertiary/aromatic N) is 5. The Morgan fingerprint density at radius 1 is 1.18 bits per heavy atom. The van der Waals surface area contributed by atoms with Crippen molar-refractivity contribution in [3.8, 4) is 17.0 Å². The van der Waals surface area contributed by atoms with Gasteiger partial charge in [0.25, 0.3) is 0 Å². The largest absolute Gasteiger partial charge is 0.507 e. The van der Waals surface area contributed by atoms with Crippen molar-refractivity contribution in [3.63, 3.8) is 0 Å². The standard InChI is InChI=1S/C20H19FN6O/c1-27(17-8-13-2-3-15(24-13)19(17)21)20-23-10-16(25-26-20)14-6-11-4-5-22-9-12(11)7-18(14)28/h2-7,9-10,13,15,17,19,24,28H,8H2,1H3/t13-,15?,17-,19-/m0/s1. The lowest BCUT2D eigenvalue weighted by molar-refractivity contribution is 0.186. The van der Waals surface area contributed by atoms with Gasteiger partial charge in [0.15, 0.2) is 0 Å². The number of phenols is 1. The lowest BCUT2D eigenvalue weighted by atomic mass is 9.96. The van der Waals surface area contributed by atoms with Gasteiger partial charge < -0.3 is 15.3 Å². The van der Waals surface area contributed by atoms with Crippen LogP contribution in [-0.4, -0.2) is 56.6 Å². The predicted octanol–water partition coefficient (Wildman–Crippen LogP) is 2.24. The number of aromatic nitrogens is 4. The Balaban J connectivity index is 1.42. The topological polar surface area (TPSA) is 87.1 Å². The van der Waals surface area contributed by atoms with Gasteiger partial charge in [-0.2, -0.15) is 0 Å². The van der Waals surface area contributed by atoms with E-state index >= 15 is 0 Å². The first-order valence-electron chi connectivity index (χ1n) is 9.18. The van der Waals surface area contributed by atoms with Gasteiger partial charge in [0.05, 0.1) is 18.3 Å². The Morgan fingerprint density at radius 3 is 2.89 bits per heavy atom. The van der Waals surface area contributed by atoms with Crippen molar-refractivity contribution in [1.29, 1.82) is 0 Å². The summed E-state index contributed by atoms with van der Waals surface area (Å²) in [5, 5.41) is 23.8. The van der Waals surface area contributed by atoms with E-state index in [4.69, 9.17) is 0 Å². The molecule has 0 aliphatic carbocycles. The molecular weight excluding hydrogens is 359 g/mol. The highest BCUT2D eigenvalue weighted by atomic mass is 19.1. The van der Waals surface area contributed by atoms with Crippen molar-refractivity contribution >= 4 is 16.7 Å². The zero-order valence-corrected chi connectivity index (χ0v) is 15.2. The molecule has 4 atom stereocenters. The van der Waals surface area contributed by atoms with Crippen molar-refractivity contribution < 1.29 is 9.50 Å². The molecule has 0 saturated carbocycles. The van der Waals surface area contributed by atoms with E-state index in [0.29, 0.717) is 23.6 Å². The van der Waals surface area contributed by atoms with Crippen molar-refractivity contribution in [2.24, 2.45) is 0 Å². The van der Waals surface area contributed by atoms with E-state index in [1.54, 1.807) is 36.6 Å². The zero-order valence-electron chi connectivity index (χ0n) is 15.2. The maximum Gasteiger partial charge on any atom is 0.245 e. The molecule has 2 N–H and O–H groups in total. The van der Waals surface area contributed by atoms with E-state index in [1.807, 2.05) is 24.3 Å². The molecule has 1 aromatic carbocycles. The van der Waals surface area contributed by atoms with E-state index in [1.165, 1.54) is 0 Å². The lowest BCUT2D eigenvalue weighted by Crippen LogP contribution is -2.56. The van der Waals surface area contributed by atoms with E-state index in [-0.39, 0.29) is 23.9 Å². The average molecular weight is 378 g/mol. The molecule has 2 aliphatic rings. The number of pyridine rings is 1. The minimum absolute atomic E-state index is 0.0857. The fourth-order valence-electron chi connectivity index (χ4n) is 3.99. The van der Waals surface area contributed by atoms with Crippen LogP contribution in [0.25, 0.3) is 22.0 Å². The third kappa shape index (κ3) is 2.77. The SMILES string of the molecule is CN(c1ncc(-c2cc3ccncc3cc2O)nn1)[C@H]1C[C@@H]2C=CC(N2)[C@@H]1F. The number of alkyl halides is 1. The molecule has 4 heterocycles. The highest BCUT2D eigenvalue weighted by Gasteiger charge is 2.41. The van der Waals surface area contributed by atoms with Gasteiger partial charge in [0.1, 0.15) is 17.6 Å². The lowest BCUT2D eigenvalue weighted by Gasteiger charge is -2.38. The highest BCUT2D eigenvalue weighted by molar-refractivity contribution is 5.89. The van der Waals surface area contributed by atoms with Crippen LogP contribution >= 0.6 is 0 Å². The van der Waals surface area contributed by atoms with Crippen LogP contribution in [0, 0.1) is 0 Å². The van der Waals surface area contributed by atoms with Crippen LogP contribution in [0.15, 0.2) is 48.9 Å². The minimum atomic E-state index is -1.04. The van der Waals surface area contributed by atoms with Gasteiger partial charge in [0.2, 0.25) is 5.95 Å². The maximum atomic E-state index is 14.8. The van der Waals surface area contributed by atoms with Gasteiger partial charge in [-0.3, -0.25) is 4.98 Å². The molecular formula is C20H19FN6O. The normalized spacial score (nSPS) is 25.9. The molecule has 0 spiro atoms. The summed E-state index contributed by atoms with van der Waals surface area (Å²) in [7, 11) is 1.79. The molecule has 1 unspecified atom stereocenters. The van der Waals surface area contributed by atoms with Crippen LogP contribution in [0.2, 0.25) is 0 Å². The quantitative estimate of drug-likeness (QED) is 0.676. The molecule has 1 fully saturated rings. The molecule has 142 valence electrons. The summed E-state index contributed by atoms with van der Waals surface area (Å²) in [6.45, 7) is 0. The summed E-state index contributed by atoms with van der Waals surface area (Å²) in [4.78, 5) is 10.2. The molecule has 1 saturated heterocycles. The van der Waals surface area contributed by atoms with Crippen LogP contribution in [0.1, 0.15) is 6.42 Å². The fraction of sp³-hybridized carbons (Fsp3) is 0.300. The number of fused-ring (bicyclic) bond motifs is 3. The molecule has 2 aliphatic heterocycles. The van der Waals surface area contributed by atoms with Gasteiger partial charge in [-0.05, 0) is 30.0 Å². The Morgan fingerprint density at radius 2 is 2.07 bits per heavy atom. The molecule has 3 aromatic rings. The van der Waals surface area contributed by atoms with Crippen LogP contribution < -0.4 is 10.2 Å². The summed E-state index contributed by atoms with van der Waals surface area (Å²) in [5.74, 6) is 0.449. The Bertz CT molecular complexity index is 1060. The molecule has 0 amide bonds. The third-order valence-electron chi connectivity index (χ3n) is 5.56. The van der Waals surface area contributed by atoms with Crippen molar-refractivity contribution in [3.05, 3.63) is 48.9 Å². The summed E-state index contributed by atoms with van der Waals surface area (Å²) in [6.07, 6.45) is 8.46. The third-order valence-corrected chi connectivity index (χ3v) is 5.56. The van der Waals surface area contributed by atoms with Gasteiger partial charge in [-0.15, -0.1) is 10.2 Å².